The Labute approximate surface area is 80.0 Å². The highest BCUT2D eigenvalue weighted by molar-refractivity contribution is 5.73. The number of carbonyl (C=O) groups excluding carboxylic acids is 1. The largest absolute Gasteiger partial charge is 0.469 e. The van der Waals surface area contributed by atoms with Crippen molar-refractivity contribution in [2.24, 2.45) is 11.3 Å². The first kappa shape index (κ1) is 10.3. The summed E-state index contributed by atoms with van der Waals surface area (Å²) in [5.41, 5.74) is 1.27. The molecule has 0 N–H and O–H groups in total. The van der Waals surface area contributed by atoms with Gasteiger partial charge in [0.25, 0.3) is 0 Å². The molecule has 1 unspecified atom stereocenters. The molecule has 1 fully saturated rings. The van der Waals surface area contributed by atoms with Crippen LogP contribution in [0.25, 0.3) is 0 Å². The number of hydrogen-bond donors (Lipinski definition) is 0. The smallest absolute Gasteiger partial charge is 0.309 e. The van der Waals surface area contributed by atoms with Crippen LogP contribution in [0, 0.1) is 11.3 Å². The second-order valence-electron chi connectivity index (χ2n) is 4.53. The van der Waals surface area contributed by atoms with Gasteiger partial charge in [0.15, 0.2) is 0 Å². The van der Waals surface area contributed by atoms with Gasteiger partial charge in [0.2, 0.25) is 0 Å². The average Bonchev–Trinajstić information content (AvgIpc) is 2.01. The quantitative estimate of drug-likeness (QED) is 0.460. The van der Waals surface area contributed by atoms with Gasteiger partial charge in [-0.05, 0) is 24.7 Å². The molecule has 1 rings (SSSR count). The van der Waals surface area contributed by atoms with Crippen LogP contribution in [0.3, 0.4) is 0 Å². The van der Waals surface area contributed by atoms with E-state index in [0.717, 1.165) is 19.3 Å². The zero-order chi connectivity index (χ0) is 10.1. The number of ether oxygens (including phenoxy) is 1. The molecule has 1 aliphatic carbocycles. The summed E-state index contributed by atoms with van der Waals surface area (Å²) >= 11 is 0. The molecule has 0 aliphatic heterocycles. The lowest BCUT2D eigenvalue weighted by Crippen LogP contribution is -2.35. The van der Waals surface area contributed by atoms with Crippen molar-refractivity contribution in [3.63, 3.8) is 0 Å². The van der Waals surface area contributed by atoms with Gasteiger partial charge < -0.3 is 4.74 Å². The van der Waals surface area contributed by atoms with Crippen molar-refractivity contribution in [3.05, 3.63) is 12.2 Å². The Kier molecular flexibility index (Phi) is 2.79. The lowest BCUT2D eigenvalue weighted by molar-refractivity contribution is -0.150. The minimum absolute atomic E-state index is 0.0163. The van der Waals surface area contributed by atoms with E-state index in [0.29, 0.717) is 0 Å². The van der Waals surface area contributed by atoms with E-state index in [1.54, 1.807) is 0 Å². The van der Waals surface area contributed by atoms with Crippen LogP contribution in [0.15, 0.2) is 12.2 Å². The van der Waals surface area contributed by atoms with Gasteiger partial charge in [0.05, 0.1) is 13.0 Å². The lowest BCUT2D eigenvalue weighted by atomic mass is 9.67. The van der Waals surface area contributed by atoms with Crippen LogP contribution < -0.4 is 0 Å². The minimum Gasteiger partial charge on any atom is -0.469 e. The topological polar surface area (TPSA) is 26.3 Å². The van der Waals surface area contributed by atoms with E-state index in [4.69, 9.17) is 4.74 Å². The monoisotopic (exact) mass is 182 g/mol. The van der Waals surface area contributed by atoms with Crippen molar-refractivity contribution < 1.29 is 9.53 Å². The van der Waals surface area contributed by atoms with Crippen LogP contribution in [0.2, 0.25) is 0 Å². The Morgan fingerprint density at radius 1 is 1.62 bits per heavy atom. The van der Waals surface area contributed by atoms with Gasteiger partial charge in [-0.1, -0.05) is 26.0 Å². The second-order valence-corrected chi connectivity index (χ2v) is 4.53. The van der Waals surface area contributed by atoms with E-state index in [1.807, 2.05) is 0 Å². The number of hydrogen-bond acceptors (Lipinski definition) is 2. The van der Waals surface area contributed by atoms with Gasteiger partial charge >= 0.3 is 5.97 Å². The van der Waals surface area contributed by atoms with E-state index in [9.17, 15) is 4.79 Å². The van der Waals surface area contributed by atoms with Gasteiger partial charge in [-0.2, -0.15) is 0 Å². The summed E-state index contributed by atoms with van der Waals surface area (Å²) in [5.74, 6) is -0.0273. The molecule has 0 saturated heterocycles. The number of esters is 1. The predicted octanol–water partition coefficient (Wildman–Crippen LogP) is 2.54. The third-order valence-corrected chi connectivity index (χ3v) is 2.92. The Morgan fingerprint density at radius 3 is 2.69 bits per heavy atom. The molecule has 2 heteroatoms. The summed E-state index contributed by atoms with van der Waals surface area (Å²) in [5, 5.41) is 0. The van der Waals surface area contributed by atoms with E-state index < -0.39 is 0 Å². The molecule has 0 amide bonds. The molecule has 1 aliphatic rings. The maximum atomic E-state index is 11.4. The Hall–Kier alpha value is -0.790. The third-order valence-electron chi connectivity index (χ3n) is 2.92. The van der Waals surface area contributed by atoms with Crippen molar-refractivity contribution in [2.75, 3.05) is 7.11 Å². The molecule has 13 heavy (non-hydrogen) atoms. The molecule has 0 aromatic carbocycles. The molecule has 0 bridgehead atoms. The highest BCUT2D eigenvalue weighted by atomic mass is 16.5. The highest BCUT2D eigenvalue weighted by Gasteiger charge is 2.38. The zero-order valence-corrected chi connectivity index (χ0v) is 8.72. The number of rotatable bonds is 1. The highest BCUT2D eigenvalue weighted by Crippen LogP contribution is 2.42. The molecule has 1 saturated carbocycles. The summed E-state index contributed by atoms with van der Waals surface area (Å²) in [7, 11) is 1.46. The first-order valence-corrected chi connectivity index (χ1v) is 4.72. The van der Waals surface area contributed by atoms with Crippen LogP contribution >= 0.6 is 0 Å². The Bertz CT molecular complexity index is 228. The molecule has 74 valence electrons. The minimum atomic E-state index is -0.0718. The first-order valence-electron chi connectivity index (χ1n) is 4.72. The van der Waals surface area contributed by atoms with E-state index in [2.05, 4.69) is 20.4 Å². The fourth-order valence-corrected chi connectivity index (χ4v) is 2.17. The molecular formula is C11H18O2. The fraction of sp³-hybridized carbons (Fsp3) is 0.727. The van der Waals surface area contributed by atoms with Crippen LogP contribution in [0.4, 0.5) is 0 Å². The second kappa shape index (κ2) is 3.52. The average molecular weight is 182 g/mol. The molecule has 2 nitrogen and oxygen atoms in total. The number of methoxy groups -OCH3 is 1. The van der Waals surface area contributed by atoms with Crippen molar-refractivity contribution in [1.29, 1.82) is 0 Å². The lowest BCUT2D eigenvalue weighted by Gasteiger charge is -2.37. The van der Waals surface area contributed by atoms with Crippen LogP contribution in [-0.4, -0.2) is 13.1 Å². The molecule has 0 aromatic heterocycles. The standard InChI is InChI=1S/C11H18O2/c1-8-5-6-9(10(12)13-4)11(2,3)7-8/h9H,1,5-7H2,2-4H3. The number of carbonyl (C=O) groups is 1. The molecule has 0 spiro atoms. The van der Waals surface area contributed by atoms with Gasteiger partial charge in [0.1, 0.15) is 0 Å². The summed E-state index contributed by atoms with van der Waals surface area (Å²) in [6.07, 6.45) is 2.79. The Balaban J connectivity index is 2.75. The molecular weight excluding hydrogens is 164 g/mol. The first-order chi connectivity index (χ1) is 5.97. The Morgan fingerprint density at radius 2 is 2.23 bits per heavy atom. The maximum Gasteiger partial charge on any atom is 0.309 e. The van der Waals surface area contributed by atoms with Gasteiger partial charge in [-0.3, -0.25) is 4.79 Å². The van der Waals surface area contributed by atoms with Gasteiger partial charge in [-0.25, -0.2) is 0 Å². The maximum absolute atomic E-state index is 11.4. The summed E-state index contributed by atoms with van der Waals surface area (Å²) in [4.78, 5) is 11.4. The van der Waals surface area contributed by atoms with Crippen molar-refractivity contribution in [1.82, 2.24) is 0 Å². The third kappa shape index (κ3) is 2.11. The van der Waals surface area contributed by atoms with Crippen LogP contribution in [0.5, 0.6) is 0 Å². The number of allylic oxidation sites excluding steroid dienone is 1. The predicted molar refractivity (Wildman–Crippen MR) is 52.3 cm³/mol. The molecule has 1 atom stereocenters. The molecule has 0 radical (unpaired) electrons. The summed E-state index contributed by atoms with van der Waals surface area (Å²) < 4.78 is 4.79. The summed E-state index contributed by atoms with van der Waals surface area (Å²) in [6, 6.07) is 0. The molecule has 0 aromatic rings. The normalized spacial score (nSPS) is 27.0. The van der Waals surface area contributed by atoms with Crippen LogP contribution in [-0.2, 0) is 9.53 Å². The SMILES string of the molecule is C=C1CCC(C(=O)OC)C(C)(C)C1. The van der Waals surface area contributed by atoms with E-state index in [1.165, 1.54) is 12.7 Å². The van der Waals surface area contributed by atoms with Crippen LogP contribution in [0.1, 0.15) is 33.1 Å². The van der Waals surface area contributed by atoms with E-state index in [-0.39, 0.29) is 17.3 Å². The van der Waals surface area contributed by atoms with E-state index >= 15 is 0 Å². The van der Waals surface area contributed by atoms with Crippen molar-refractivity contribution in [2.45, 2.75) is 33.1 Å². The fourth-order valence-electron chi connectivity index (χ4n) is 2.17. The van der Waals surface area contributed by atoms with Gasteiger partial charge in [0, 0.05) is 0 Å². The van der Waals surface area contributed by atoms with Crippen molar-refractivity contribution >= 4 is 5.97 Å². The summed E-state index contributed by atoms with van der Waals surface area (Å²) in [6.45, 7) is 8.20. The zero-order valence-electron chi connectivity index (χ0n) is 8.72. The van der Waals surface area contributed by atoms with Gasteiger partial charge in [-0.15, -0.1) is 0 Å². The van der Waals surface area contributed by atoms with Crippen molar-refractivity contribution in [3.8, 4) is 0 Å². The molecule has 0 heterocycles.